The minimum absolute atomic E-state index is 0.235. The second kappa shape index (κ2) is 5.35. The Hall–Kier alpha value is -0.570. The van der Waals surface area contributed by atoms with Crippen molar-refractivity contribution in [3.8, 4) is 0 Å². The van der Waals surface area contributed by atoms with E-state index >= 15 is 0 Å². The minimum Gasteiger partial charge on any atom is -0.481 e. The van der Waals surface area contributed by atoms with Gasteiger partial charge in [0.25, 0.3) is 0 Å². The summed E-state index contributed by atoms with van der Waals surface area (Å²) < 4.78 is 0. The van der Waals surface area contributed by atoms with Gasteiger partial charge in [-0.25, -0.2) is 0 Å². The number of nitrogens with one attached hydrogen (secondary N) is 1. The van der Waals surface area contributed by atoms with Crippen molar-refractivity contribution in [1.29, 1.82) is 0 Å². The van der Waals surface area contributed by atoms with E-state index in [9.17, 15) is 4.79 Å². The molecule has 0 aromatic carbocycles. The third-order valence-electron chi connectivity index (χ3n) is 3.18. The minimum atomic E-state index is -0.714. The molecule has 3 atom stereocenters. The maximum absolute atomic E-state index is 10.3. The summed E-state index contributed by atoms with van der Waals surface area (Å²) in [5.41, 5.74) is 0. The lowest BCUT2D eigenvalue weighted by Gasteiger charge is -2.33. The molecule has 0 aliphatic heterocycles. The van der Waals surface area contributed by atoms with Gasteiger partial charge >= 0.3 is 5.97 Å². The molecule has 0 amide bonds. The van der Waals surface area contributed by atoms with Crippen LogP contribution < -0.4 is 5.32 Å². The topological polar surface area (TPSA) is 49.3 Å². The highest BCUT2D eigenvalue weighted by Gasteiger charge is 2.24. The average Bonchev–Trinajstić information content (AvgIpc) is 2.08. The van der Waals surface area contributed by atoms with Crippen molar-refractivity contribution >= 4 is 5.97 Å². The summed E-state index contributed by atoms with van der Waals surface area (Å²) in [6, 6.07) is 0.533. The molecule has 1 aliphatic carbocycles. The van der Waals surface area contributed by atoms with E-state index in [1.165, 1.54) is 19.3 Å². The van der Waals surface area contributed by atoms with Gasteiger partial charge in [0.05, 0.1) is 6.42 Å². The van der Waals surface area contributed by atoms with E-state index in [0.717, 1.165) is 5.92 Å². The van der Waals surface area contributed by atoms with Gasteiger partial charge in [0.2, 0.25) is 0 Å². The Labute approximate surface area is 85.9 Å². The maximum atomic E-state index is 10.3. The zero-order valence-electron chi connectivity index (χ0n) is 9.12. The summed E-state index contributed by atoms with van der Waals surface area (Å²) in [7, 11) is 0. The van der Waals surface area contributed by atoms with Crippen molar-refractivity contribution < 1.29 is 9.90 Å². The number of aliphatic carboxylic acids is 1. The van der Waals surface area contributed by atoms with Crippen LogP contribution in [0.5, 0.6) is 0 Å². The summed E-state index contributed by atoms with van der Waals surface area (Å²) in [5.74, 6) is 0.810. The Morgan fingerprint density at radius 2 is 2.14 bits per heavy atom. The molecule has 0 bridgehead atoms. The third-order valence-corrected chi connectivity index (χ3v) is 3.18. The Morgan fingerprint density at radius 1 is 1.43 bits per heavy atom. The van der Waals surface area contributed by atoms with Gasteiger partial charge in [0.1, 0.15) is 0 Å². The lowest BCUT2D eigenvalue weighted by molar-refractivity contribution is -0.136. The van der Waals surface area contributed by atoms with Gasteiger partial charge < -0.3 is 10.4 Å². The van der Waals surface area contributed by atoms with Gasteiger partial charge in [-0.05, 0) is 31.1 Å². The van der Waals surface area contributed by atoms with E-state index in [1.54, 1.807) is 0 Å². The highest BCUT2D eigenvalue weighted by atomic mass is 16.4. The molecule has 0 aromatic rings. The van der Waals surface area contributed by atoms with Crippen LogP contribution in [-0.4, -0.2) is 23.7 Å². The van der Waals surface area contributed by atoms with Gasteiger partial charge in [0.15, 0.2) is 0 Å². The van der Waals surface area contributed by atoms with Gasteiger partial charge in [-0.1, -0.05) is 13.8 Å². The van der Waals surface area contributed by atoms with Crippen LogP contribution in [0.3, 0.4) is 0 Å². The Kier molecular flexibility index (Phi) is 4.39. The fraction of sp³-hybridized carbons (Fsp3) is 0.909. The van der Waals surface area contributed by atoms with Crippen molar-refractivity contribution in [3.63, 3.8) is 0 Å². The van der Waals surface area contributed by atoms with Crippen molar-refractivity contribution in [2.45, 2.75) is 45.6 Å². The molecule has 2 N–H and O–H groups in total. The van der Waals surface area contributed by atoms with Crippen molar-refractivity contribution in [2.75, 3.05) is 6.54 Å². The van der Waals surface area contributed by atoms with Crippen LogP contribution >= 0.6 is 0 Å². The average molecular weight is 199 g/mol. The van der Waals surface area contributed by atoms with Crippen LogP contribution in [0.25, 0.3) is 0 Å². The predicted molar refractivity (Wildman–Crippen MR) is 56.2 cm³/mol. The lowest BCUT2D eigenvalue weighted by Crippen LogP contribution is -2.39. The fourth-order valence-electron chi connectivity index (χ4n) is 2.33. The second-order valence-corrected chi connectivity index (χ2v) is 4.60. The zero-order chi connectivity index (χ0) is 10.6. The molecule has 14 heavy (non-hydrogen) atoms. The number of rotatable bonds is 4. The Balaban J connectivity index is 2.20. The standard InChI is InChI=1S/C11H21NO2/c1-8-3-4-10(9(2)7-8)12-6-5-11(13)14/h8-10,12H,3-7H2,1-2H3,(H,13,14). The predicted octanol–water partition coefficient (Wildman–Crippen LogP) is 1.88. The molecule has 3 nitrogen and oxygen atoms in total. The van der Waals surface area contributed by atoms with Gasteiger partial charge in [-0.3, -0.25) is 4.79 Å². The number of carbonyl (C=O) groups is 1. The lowest BCUT2D eigenvalue weighted by atomic mass is 9.80. The zero-order valence-corrected chi connectivity index (χ0v) is 9.12. The SMILES string of the molecule is CC1CCC(NCCC(=O)O)C(C)C1. The first kappa shape index (κ1) is 11.5. The van der Waals surface area contributed by atoms with E-state index in [4.69, 9.17) is 5.11 Å². The normalized spacial score (nSPS) is 32.9. The van der Waals surface area contributed by atoms with Crippen molar-refractivity contribution in [3.05, 3.63) is 0 Å². The molecule has 1 rings (SSSR count). The molecular formula is C11H21NO2. The summed E-state index contributed by atoms with van der Waals surface area (Å²) in [4.78, 5) is 10.3. The molecule has 0 heterocycles. The number of carboxylic acids is 1. The summed E-state index contributed by atoms with van der Waals surface area (Å²) in [5, 5.41) is 11.9. The molecule has 1 fully saturated rings. The first-order valence-electron chi connectivity index (χ1n) is 5.54. The van der Waals surface area contributed by atoms with Crippen molar-refractivity contribution in [1.82, 2.24) is 5.32 Å². The molecule has 82 valence electrons. The molecule has 3 unspecified atom stereocenters. The van der Waals surface area contributed by atoms with Gasteiger partial charge in [-0.15, -0.1) is 0 Å². The highest BCUT2D eigenvalue weighted by molar-refractivity contribution is 5.66. The molecule has 0 radical (unpaired) electrons. The van der Waals surface area contributed by atoms with E-state index in [2.05, 4.69) is 19.2 Å². The third kappa shape index (κ3) is 3.66. The van der Waals surface area contributed by atoms with Gasteiger partial charge in [0, 0.05) is 12.6 Å². The molecular weight excluding hydrogens is 178 g/mol. The summed E-state index contributed by atoms with van der Waals surface area (Å²) >= 11 is 0. The van der Waals surface area contributed by atoms with Crippen LogP contribution in [0.1, 0.15) is 39.5 Å². The van der Waals surface area contributed by atoms with E-state index in [0.29, 0.717) is 18.5 Å². The van der Waals surface area contributed by atoms with Crippen LogP contribution in [0.15, 0.2) is 0 Å². The van der Waals surface area contributed by atoms with E-state index < -0.39 is 5.97 Å². The van der Waals surface area contributed by atoms with Crippen LogP contribution in [0.2, 0.25) is 0 Å². The fourth-order valence-corrected chi connectivity index (χ4v) is 2.33. The summed E-state index contributed by atoms with van der Waals surface area (Å²) in [6.07, 6.45) is 3.97. The molecule has 3 heteroatoms. The quantitative estimate of drug-likeness (QED) is 0.726. The number of hydrogen-bond donors (Lipinski definition) is 2. The molecule has 0 spiro atoms. The summed E-state index contributed by atoms with van der Waals surface area (Å²) in [6.45, 7) is 5.16. The first-order chi connectivity index (χ1) is 6.59. The van der Waals surface area contributed by atoms with Crippen LogP contribution in [0, 0.1) is 11.8 Å². The smallest absolute Gasteiger partial charge is 0.304 e. The molecule has 0 saturated heterocycles. The molecule has 1 aliphatic rings. The van der Waals surface area contributed by atoms with Crippen molar-refractivity contribution in [2.24, 2.45) is 11.8 Å². The molecule has 0 aromatic heterocycles. The van der Waals surface area contributed by atoms with Crippen LogP contribution in [-0.2, 0) is 4.79 Å². The van der Waals surface area contributed by atoms with Crippen LogP contribution in [0.4, 0.5) is 0 Å². The molecule has 1 saturated carbocycles. The Bertz CT molecular complexity index is 194. The highest BCUT2D eigenvalue weighted by Crippen LogP contribution is 2.28. The monoisotopic (exact) mass is 199 g/mol. The first-order valence-corrected chi connectivity index (χ1v) is 5.54. The van der Waals surface area contributed by atoms with E-state index in [1.807, 2.05) is 0 Å². The largest absolute Gasteiger partial charge is 0.481 e. The second-order valence-electron chi connectivity index (χ2n) is 4.60. The van der Waals surface area contributed by atoms with E-state index in [-0.39, 0.29) is 6.42 Å². The van der Waals surface area contributed by atoms with Gasteiger partial charge in [-0.2, -0.15) is 0 Å². The Morgan fingerprint density at radius 3 is 2.71 bits per heavy atom. The number of carboxylic acid groups (broad SMARTS) is 1. The number of hydrogen-bond acceptors (Lipinski definition) is 2. The maximum Gasteiger partial charge on any atom is 0.304 e.